The summed E-state index contributed by atoms with van der Waals surface area (Å²) in [7, 11) is 0. The first-order chi connectivity index (χ1) is 30.5. The number of allylic oxidation sites excluding steroid dienone is 3. The number of aliphatic hydroxyl groups excluding tert-OH is 2. The van der Waals surface area contributed by atoms with E-state index in [1.165, 1.54) is 225 Å². The fraction of sp³-hybridized carbons (Fsp3) is 0.893. The molecule has 0 rings (SSSR count). The van der Waals surface area contributed by atoms with Crippen molar-refractivity contribution >= 4 is 11.9 Å². The predicted octanol–water partition coefficient (Wildman–Crippen LogP) is 16.7. The van der Waals surface area contributed by atoms with Crippen molar-refractivity contribution in [3.63, 3.8) is 0 Å². The molecule has 0 radical (unpaired) electrons. The molecule has 1 amide bonds. The van der Waals surface area contributed by atoms with E-state index in [1.54, 1.807) is 6.08 Å². The molecule has 0 saturated heterocycles. The largest absolute Gasteiger partial charge is 0.466 e. The second-order valence-electron chi connectivity index (χ2n) is 18.9. The SMILES string of the molecule is CCCCCCCC/C=C\CCCCCCCCCCCC(=O)OCCCCCCCCCCCCCCCCCCCC(=O)NC(CO)C(O)/C=C/CCCCCCCCC. The van der Waals surface area contributed by atoms with Gasteiger partial charge in [-0.2, -0.15) is 0 Å². The van der Waals surface area contributed by atoms with E-state index in [0.717, 1.165) is 44.9 Å². The quantitative estimate of drug-likeness (QED) is 0.0321. The molecular formula is C56H107NO5. The normalized spacial score (nSPS) is 12.8. The van der Waals surface area contributed by atoms with Crippen LogP contribution in [0.15, 0.2) is 24.3 Å². The van der Waals surface area contributed by atoms with E-state index in [9.17, 15) is 19.8 Å². The third-order valence-corrected chi connectivity index (χ3v) is 12.7. The standard InChI is InChI=1S/C56H107NO5/c1-3-5-7-9-11-13-14-15-16-17-18-21-24-27-30-34-38-42-46-50-56(61)62-51-47-43-39-35-31-28-25-22-19-20-23-26-29-33-37-41-45-49-55(60)57-53(52-58)54(59)48-44-40-36-32-12-10-8-6-4-2/h15-16,44,48,53-54,58-59H,3-14,17-43,45-47,49-52H2,1-2H3,(H,57,60)/b16-15-,48-44+. The second-order valence-corrected chi connectivity index (χ2v) is 18.9. The smallest absolute Gasteiger partial charge is 0.305 e. The lowest BCUT2D eigenvalue weighted by Crippen LogP contribution is -2.45. The van der Waals surface area contributed by atoms with Crippen molar-refractivity contribution in [1.82, 2.24) is 5.32 Å². The van der Waals surface area contributed by atoms with Gasteiger partial charge < -0.3 is 20.3 Å². The van der Waals surface area contributed by atoms with Gasteiger partial charge in [-0.05, 0) is 57.8 Å². The number of hydrogen-bond acceptors (Lipinski definition) is 5. The number of amides is 1. The van der Waals surface area contributed by atoms with Gasteiger partial charge >= 0.3 is 5.97 Å². The van der Waals surface area contributed by atoms with Gasteiger partial charge in [0, 0.05) is 12.8 Å². The van der Waals surface area contributed by atoms with Crippen LogP contribution in [-0.2, 0) is 14.3 Å². The number of carbonyl (C=O) groups is 2. The molecule has 2 unspecified atom stereocenters. The Labute approximate surface area is 386 Å². The molecule has 62 heavy (non-hydrogen) atoms. The summed E-state index contributed by atoms with van der Waals surface area (Å²) in [5.74, 6) is -0.0721. The van der Waals surface area contributed by atoms with Crippen LogP contribution in [0.25, 0.3) is 0 Å². The predicted molar refractivity (Wildman–Crippen MR) is 269 cm³/mol. The minimum absolute atomic E-state index is 0.00367. The molecule has 0 aliphatic heterocycles. The van der Waals surface area contributed by atoms with Gasteiger partial charge in [-0.15, -0.1) is 0 Å². The van der Waals surface area contributed by atoms with Crippen LogP contribution in [0.2, 0.25) is 0 Å². The van der Waals surface area contributed by atoms with Crippen LogP contribution in [0.1, 0.15) is 296 Å². The Morgan fingerprint density at radius 1 is 0.435 bits per heavy atom. The fourth-order valence-corrected chi connectivity index (χ4v) is 8.45. The molecule has 0 aliphatic carbocycles. The molecule has 0 aliphatic rings. The van der Waals surface area contributed by atoms with E-state index in [4.69, 9.17) is 4.74 Å². The van der Waals surface area contributed by atoms with Crippen molar-refractivity contribution in [2.24, 2.45) is 0 Å². The molecule has 0 heterocycles. The van der Waals surface area contributed by atoms with Crippen LogP contribution >= 0.6 is 0 Å². The van der Waals surface area contributed by atoms with Gasteiger partial charge in [0.15, 0.2) is 0 Å². The number of nitrogens with one attached hydrogen (secondary N) is 1. The van der Waals surface area contributed by atoms with Gasteiger partial charge in [-0.25, -0.2) is 0 Å². The molecule has 6 nitrogen and oxygen atoms in total. The Morgan fingerprint density at radius 2 is 0.758 bits per heavy atom. The minimum Gasteiger partial charge on any atom is -0.466 e. The van der Waals surface area contributed by atoms with Crippen molar-refractivity contribution in [2.45, 2.75) is 309 Å². The van der Waals surface area contributed by atoms with Crippen LogP contribution < -0.4 is 5.32 Å². The lowest BCUT2D eigenvalue weighted by Gasteiger charge is -2.20. The highest BCUT2D eigenvalue weighted by atomic mass is 16.5. The number of unbranched alkanes of at least 4 members (excludes halogenated alkanes) is 38. The topological polar surface area (TPSA) is 95.9 Å². The van der Waals surface area contributed by atoms with Crippen molar-refractivity contribution in [2.75, 3.05) is 13.2 Å². The van der Waals surface area contributed by atoms with Crippen molar-refractivity contribution in [3.05, 3.63) is 24.3 Å². The average Bonchev–Trinajstić information content (AvgIpc) is 3.27. The first-order valence-electron chi connectivity index (χ1n) is 27.6. The maximum Gasteiger partial charge on any atom is 0.305 e. The van der Waals surface area contributed by atoms with Crippen LogP contribution in [-0.4, -0.2) is 47.4 Å². The highest BCUT2D eigenvalue weighted by Gasteiger charge is 2.18. The first kappa shape index (κ1) is 60.3. The molecule has 0 bridgehead atoms. The summed E-state index contributed by atoms with van der Waals surface area (Å²) in [5, 5.41) is 22.9. The molecule has 0 fully saturated rings. The van der Waals surface area contributed by atoms with Gasteiger partial charge in [0.05, 0.1) is 25.4 Å². The number of hydrogen-bond donors (Lipinski definition) is 3. The average molecular weight is 874 g/mol. The van der Waals surface area contributed by atoms with E-state index in [0.29, 0.717) is 19.4 Å². The van der Waals surface area contributed by atoms with Crippen molar-refractivity contribution in [3.8, 4) is 0 Å². The zero-order valence-corrected chi connectivity index (χ0v) is 41.6. The lowest BCUT2D eigenvalue weighted by molar-refractivity contribution is -0.143. The van der Waals surface area contributed by atoms with Crippen LogP contribution in [0.5, 0.6) is 0 Å². The van der Waals surface area contributed by atoms with E-state index in [1.807, 2.05) is 6.08 Å². The summed E-state index contributed by atoms with van der Waals surface area (Å²) in [5.41, 5.74) is 0. The lowest BCUT2D eigenvalue weighted by atomic mass is 10.0. The fourth-order valence-electron chi connectivity index (χ4n) is 8.45. The third-order valence-electron chi connectivity index (χ3n) is 12.7. The number of esters is 1. The van der Waals surface area contributed by atoms with E-state index >= 15 is 0 Å². The molecule has 6 heteroatoms. The zero-order chi connectivity index (χ0) is 45.1. The highest BCUT2D eigenvalue weighted by Crippen LogP contribution is 2.16. The van der Waals surface area contributed by atoms with Crippen LogP contribution in [0.3, 0.4) is 0 Å². The van der Waals surface area contributed by atoms with Crippen molar-refractivity contribution in [1.29, 1.82) is 0 Å². The molecule has 0 aromatic heterocycles. The van der Waals surface area contributed by atoms with Crippen LogP contribution in [0, 0.1) is 0 Å². The number of carbonyl (C=O) groups excluding carboxylic acids is 2. The molecule has 3 N–H and O–H groups in total. The summed E-state index contributed by atoms with van der Waals surface area (Å²) in [6.45, 7) is 4.86. The van der Waals surface area contributed by atoms with E-state index in [2.05, 4.69) is 31.3 Å². The van der Waals surface area contributed by atoms with Gasteiger partial charge in [-0.3, -0.25) is 9.59 Å². The molecule has 0 spiro atoms. The van der Waals surface area contributed by atoms with E-state index in [-0.39, 0.29) is 18.5 Å². The summed E-state index contributed by atoms with van der Waals surface area (Å²) in [4.78, 5) is 24.4. The Morgan fingerprint density at radius 3 is 1.15 bits per heavy atom. The Kier molecular flexibility index (Phi) is 50.6. The molecular weight excluding hydrogens is 767 g/mol. The van der Waals surface area contributed by atoms with E-state index < -0.39 is 12.1 Å². The minimum atomic E-state index is -0.845. The van der Waals surface area contributed by atoms with Gasteiger partial charge in [0.1, 0.15) is 0 Å². The monoisotopic (exact) mass is 874 g/mol. The molecule has 2 atom stereocenters. The number of rotatable bonds is 51. The van der Waals surface area contributed by atoms with Gasteiger partial charge in [0.2, 0.25) is 5.91 Å². The molecule has 366 valence electrons. The van der Waals surface area contributed by atoms with Crippen LogP contribution in [0.4, 0.5) is 0 Å². The summed E-state index contributed by atoms with van der Waals surface area (Å²) in [6.07, 6.45) is 62.0. The van der Waals surface area contributed by atoms with Crippen molar-refractivity contribution < 1.29 is 24.5 Å². The summed E-state index contributed by atoms with van der Waals surface area (Å²) in [6, 6.07) is -0.629. The van der Waals surface area contributed by atoms with Gasteiger partial charge in [-0.1, -0.05) is 250 Å². The maximum atomic E-state index is 12.4. The Balaban J connectivity index is 3.38. The number of aliphatic hydroxyl groups is 2. The Bertz CT molecular complexity index is 966. The summed E-state index contributed by atoms with van der Waals surface area (Å²) < 4.78 is 5.49. The summed E-state index contributed by atoms with van der Waals surface area (Å²) >= 11 is 0. The molecule has 0 saturated carbocycles. The van der Waals surface area contributed by atoms with Gasteiger partial charge in [0.25, 0.3) is 0 Å². The third kappa shape index (κ3) is 47.8. The number of ether oxygens (including phenoxy) is 1. The molecule has 0 aromatic carbocycles. The zero-order valence-electron chi connectivity index (χ0n) is 41.6. The Hall–Kier alpha value is -1.66. The first-order valence-corrected chi connectivity index (χ1v) is 27.6. The highest BCUT2D eigenvalue weighted by molar-refractivity contribution is 5.76. The maximum absolute atomic E-state index is 12.4. The molecule has 0 aromatic rings. The second kappa shape index (κ2) is 52.0.